The number of amidine groups is 1. The van der Waals surface area contributed by atoms with Gasteiger partial charge in [-0.05, 0) is 112 Å². The second kappa shape index (κ2) is 16.9. The quantitative estimate of drug-likeness (QED) is 0.108. The summed E-state index contributed by atoms with van der Waals surface area (Å²) in [5.74, 6) is -0.0289. The summed E-state index contributed by atoms with van der Waals surface area (Å²) >= 11 is 11.3. The summed E-state index contributed by atoms with van der Waals surface area (Å²) in [6, 6.07) is 16.0. The second-order valence-corrected chi connectivity index (χ2v) is 17.4. The third-order valence-corrected chi connectivity index (χ3v) is 13.2. The van der Waals surface area contributed by atoms with Crippen molar-refractivity contribution in [3.05, 3.63) is 147 Å². The lowest BCUT2D eigenvalue weighted by atomic mass is 9.74. The molecule has 3 aliphatic rings. The standard InChI is InChI=1S/C43H45ClF2N4O3S2/c1-5-9-36(48-28(4)27(3)45)40-37-24-29(26-50(37)42(38(54)6-2)49-41(40)34-16-13-32(46)25-35(34)44)19-23-55(52,53)33-14-11-30(12-15-33)31-17-20-43(51,21-18-31)39-10-7-8-22-47-39/h5,7-16,22,25,27,29,31,41,51,54H,2,4,17-21,23-24,26H2,1,3H3/b9-5-,48-36+/t27?,29-,31-,41-,43-/m0/s1. The van der Waals surface area contributed by atoms with Gasteiger partial charge in [0.25, 0.3) is 0 Å². The number of benzene rings is 2. The van der Waals surface area contributed by atoms with Crippen molar-refractivity contribution in [1.29, 1.82) is 0 Å². The molecule has 1 unspecified atom stereocenters. The van der Waals surface area contributed by atoms with Crippen LogP contribution in [0.25, 0.3) is 0 Å². The van der Waals surface area contributed by atoms with E-state index in [-0.39, 0.29) is 33.2 Å². The number of aliphatic hydroxyl groups is 1. The van der Waals surface area contributed by atoms with Crippen LogP contribution in [0.2, 0.25) is 5.02 Å². The molecule has 2 aromatic carbocycles. The highest BCUT2D eigenvalue weighted by atomic mass is 35.5. The van der Waals surface area contributed by atoms with Gasteiger partial charge < -0.3 is 10.0 Å². The molecule has 12 heteroatoms. The van der Waals surface area contributed by atoms with Crippen LogP contribution in [0.1, 0.15) is 81.2 Å². The van der Waals surface area contributed by atoms with Crippen LogP contribution >= 0.6 is 24.2 Å². The van der Waals surface area contributed by atoms with Gasteiger partial charge in [-0.15, -0.1) is 18.4 Å². The number of thiol groups is 1. The second-order valence-electron chi connectivity index (χ2n) is 14.4. The van der Waals surface area contributed by atoms with Gasteiger partial charge in [-0.25, -0.2) is 17.2 Å². The van der Waals surface area contributed by atoms with Gasteiger partial charge in [0.1, 0.15) is 29.5 Å². The number of alkyl halides is 1. The van der Waals surface area contributed by atoms with E-state index in [1.54, 1.807) is 36.5 Å². The van der Waals surface area contributed by atoms with E-state index in [0.717, 1.165) is 24.1 Å². The minimum Gasteiger partial charge on any atom is -0.384 e. The van der Waals surface area contributed by atoms with Gasteiger partial charge >= 0.3 is 0 Å². The molecule has 1 N–H and O–H groups in total. The van der Waals surface area contributed by atoms with Gasteiger partial charge in [0.05, 0.1) is 32.7 Å². The molecule has 288 valence electrons. The Hall–Kier alpha value is -4.12. The van der Waals surface area contributed by atoms with Crippen molar-refractivity contribution in [3.8, 4) is 0 Å². The molecule has 7 nitrogen and oxygen atoms in total. The van der Waals surface area contributed by atoms with Crippen molar-refractivity contribution in [2.75, 3.05) is 12.3 Å². The fraction of sp³-hybridized carbons (Fsp3) is 0.349. The first-order valence-electron chi connectivity index (χ1n) is 18.4. The molecular formula is C43H45ClF2N4O3S2. The highest BCUT2D eigenvalue weighted by molar-refractivity contribution is 7.91. The molecule has 3 aromatic rings. The number of rotatable bonds is 12. The molecule has 0 spiro atoms. The number of halogens is 3. The van der Waals surface area contributed by atoms with E-state index < -0.39 is 33.5 Å². The number of hydrogen-bond acceptors (Lipinski definition) is 8. The summed E-state index contributed by atoms with van der Waals surface area (Å²) in [5.41, 5.74) is 5.98. The number of pyridine rings is 1. The first-order chi connectivity index (χ1) is 26.2. The number of hydrogen-bond donors (Lipinski definition) is 2. The van der Waals surface area contributed by atoms with E-state index >= 15 is 0 Å². The van der Waals surface area contributed by atoms with Gasteiger partial charge in [-0.3, -0.25) is 15.0 Å². The fourth-order valence-corrected chi connectivity index (χ4v) is 9.58. The summed E-state index contributed by atoms with van der Waals surface area (Å²) in [6.45, 7) is 11.2. The molecule has 1 aromatic heterocycles. The molecular weight excluding hydrogens is 758 g/mol. The third-order valence-electron chi connectivity index (χ3n) is 10.8. The van der Waals surface area contributed by atoms with E-state index in [2.05, 4.69) is 41.5 Å². The lowest BCUT2D eigenvalue weighted by molar-refractivity contribution is -0.00957. The van der Waals surface area contributed by atoms with Crippen LogP contribution in [0.3, 0.4) is 0 Å². The Morgan fingerprint density at radius 2 is 1.93 bits per heavy atom. The monoisotopic (exact) mass is 802 g/mol. The Labute approximate surface area is 333 Å². The fourth-order valence-electron chi connectivity index (χ4n) is 7.70. The molecule has 1 aliphatic carbocycles. The van der Waals surface area contributed by atoms with Crippen molar-refractivity contribution in [2.45, 2.75) is 81.0 Å². The zero-order valence-corrected chi connectivity index (χ0v) is 33.4. The summed E-state index contributed by atoms with van der Waals surface area (Å²) in [4.78, 5) is 16.6. The van der Waals surface area contributed by atoms with Gasteiger partial charge in [-0.2, -0.15) is 0 Å². The zero-order chi connectivity index (χ0) is 39.5. The Kier molecular flexibility index (Phi) is 12.5. The van der Waals surface area contributed by atoms with Gasteiger partial charge in [-0.1, -0.05) is 55.1 Å². The molecule has 0 amide bonds. The van der Waals surface area contributed by atoms with Crippen molar-refractivity contribution < 1.29 is 22.3 Å². The molecule has 2 aliphatic heterocycles. The summed E-state index contributed by atoms with van der Waals surface area (Å²) in [7, 11) is -3.64. The van der Waals surface area contributed by atoms with Crippen molar-refractivity contribution in [2.24, 2.45) is 15.9 Å². The van der Waals surface area contributed by atoms with Crippen molar-refractivity contribution in [3.63, 3.8) is 0 Å². The highest BCUT2D eigenvalue weighted by Gasteiger charge is 2.41. The van der Waals surface area contributed by atoms with Crippen molar-refractivity contribution in [1.82, 2.24) is 9.88 Å². The average molecular weight is 803 g/mol. The first kappa shape index (κ1) is 40.5. The molecule has 1 saturated heterocycles. The Bertz CT molecular complexity index is 2220. The van der Waals surface area contributed by atoms with E-state index in [9.17, 15) is 22.3 Å². The van der Waals surface area contributed by atoms with E-state index in [1.165, 1.54) is 19.1 Å². The van der Waals surface area contributed by atoms with Gasteiger partial charge in [0.15, 0.2) is 9.84 Å². The predicted octanol–water partition coefficient (Wildman–Crippen LogP) is 9.80. The average Bonchev–Trinajstić information content (AvgIpc) is 3.61. The Morgan fingerprint density at radius 3 is 2.55 bits per heavy atom. The van der Waals surface area contributed by atoms with Gasteiger partial charge in [0, 0.05) is 34.6 Å². The highest BCUT2D eigenvalue weighted by Crippen LogP contribution is 2.46. The van der Waals surface area contributed by atoms with Crippen molar-refractivity contribution >= 4 is 45.6 Å². The minimum absolute atomic E-state index is 0.0217. The zero-order valence-electron chi connectivity index (χ0n) is 30.9. The van der Waals surface area contributed by atoms with E-state index in [1.807, 2.05) is 42.2 Å². The maximum atomic E-state index is 14.4. The van der Waals surface area contributed by atoms with Crippen LogP contribution in [-0.2, 0) is 15.4 Å². The lowest BCUT2D eigenvalue weighted by Gasteiger charge is -2.35. The molecule has 55 heavy (non-hydrogen) atoms. The smallest absolute Gasteiger partial charge is 0.178 e. The Morgan fingerprint density at radius 1 is 1.20 bits per heavy atom. The van der Waals surface area contributed by atoms with Crippen LogP contribution in [0.15, 0.2) is 135 Å². The van der Waals surface area contributed by atoms with Crippen LogP contribution < -0.4 is 0 Å². The molecule has 0 bridgehead atoms. The number of nitrogens with zero attached hydrogens (tertiary/aromatic N) is 4. The summed E-state index contributed by atoms with van der Waals surface area (Å²) in [6.07, 6.45) is 7.32. The van der Waals surface area contributed by atoms with Crippen LogP contribution in [-0.4, -0.2) is 53.4 Å². The number of allylic oxidation sites excluding steroid dienone is 4. The molecule has 2 fully saturated rings. The van der Waals surface area contributed by atoms with Crippen LogP contribution in [0.4, 0.5) is 8.78 Å². The molecule has 3 heterocycles. The maximum Gasteiger partial charge on any atom is 0.178 e. The largest absolute Gasteiger partial charge is 0.384 e. The normalized spacial score (nSPS) is 23.7. The topological polar surface area (TPSA) is 95.2 Å². The minimum atomic E-state index is -3.64. The number of fused-ring (bicyclic) bond motifs is 1. The first-order valence-corrected chi connectivity index (χ1v) is 20.9. The predicted molar refractivity (Wildman–Crippen MR) is 219 cm³/mol. The number of aliphatic imine (C=N–C) groups is 2. The molecule has 6 rings (SSSR count). The molecule has 1 saturated carbocycles. The summed E-state index contributed by atoms with van der Waals surface area (Å²) in [5, 5.41) is 11.4. The summed E-state index contributed by atoms with van der Waals surface area (Å²) < 4.78 is 56.2. The number of aromatic nitrogens is 1. The molecule has 0 radical (unpaired) electrons. The van der Waals surface area contributed by atoms with E-state index in [0.29, 0.717) is 65.5 Å². The number of sulfone groups is 1. The SMILES string of the molecule is C=C=C(S)C1=N[C@@H](c2ccc(F)cc2Cl)C(C(/C=C\C)=N/C(=C)C(C)F)=C2C[C@H](CCS(=O)(=O)c3ccc([C@H]4CC[C@@](O)(c5ccccn5)CC4)cc3)CN12. The van der Waals surface area contributed by atoms with Gasteiger partial charge in [0.2, 0.25) is 0 Å². The molecule has 3 atom stereocenters. The van der Waals surface area contributed by atoms with Crippen LogP contribution in [0, 0.1) is 11.7 Å². The van der Waals surface area contributed by atoms with Crippen LogP contribution in [0.5, 0.6) is 0 Å². The Balaban J connectivity index is 1.25. The maximum absolute atomic E-state index is 14.4. The third kappa shape index (κ3) is 8.82. The van der Waals surface area contributed by atoms with E-state index in [4.69, 9.17) is 16.6 Å². The lowest BCUT2D eigenvalue weighted by Crippen LogP contribution is -2.34.